The number of nitrogens with one attached hydrogen (secondary N) is 2. The molecule has 0 aromatic rings. The first-order valence-corrected chi connectivity index (χ1v) is 7.19. The monoisotopic (exact) mass is 281 g/mol. The number of hydrogen-bond donors (Lipinski definition) is 4. The molecule has 8 nitrogen and oxygen atoms in total. The van der Waals surface area contributed by atoms with E-state index in [9.17, 15) is 18.0 Å². The molecular weight excluding hydrogens is 262 g/mol. The zero-order chi connectivity index (χ0) is 14.2. The van der Waals surface area contributed by atoms with Gasteiger partial charge in [-0.3, -0.25) is 4.79 Å². The molecule has 106 valence electrons. The summed E-state index contributed by atoms with van der Waals surface area (Å²) in [7, 11) is -3.50. The number of carbonyl (C=O) groups is 2. The van der Waals surface area contributed by atoms with Crippen molar-refractivity contribution < 1.29 is 23.1 Å². The summed E-state index contributed by atoms with van der Waals surface area (Å²) >= 11 is 0. The highest BCUT2D eigenvalue weighted by Gasteiger charge is 2.09. The van der Waals surface area contributed by atoms with Crippen molar-refractivity contribution in [1.82, 2.24) is 10.6 Å². The molecule has 1 atom stereocenters. The summed E-state index contributed by atoms with van der Waals surface area (Å²) in [6.45, 7) is 1.88. The number of primary sulfonamides is 1. The van der Waals surface area contributed by atoms with Crippen LogP contribution in [0.2, 0.25) is 0 Å². The van der Waals surface area contributed by atoms with Crippen molar-refractivity contribution in [2.75, 3.05) is 12.3 Å². The minimum atomic E-state index is -3.50. The number of urea groups is 1. The molecule has 9 heteroatoms. The van der Waals surface area contributed by atoms with E-state index >= 15 is 0 Å². The fourth-order valence-corrected chi connectivity index (χ4v) is 1.71. The first-order chi connectivity index (χ1) is 8.20. The van der Waals surface area contributed by atoms with Crippen LogP contribution in [0.1, 0.15) is 26.2 Å². The molecule has 0 bridgehead atoms. The van der Waals surface area contributed by atoms with E-state index in [2.05, 4.69) is 10.6 Å². The van der Waals surface area contributed by atoms with Gasteiger partial charge in [-0.1, -0.05) is 0 Å². The number of carboxylic acid groups (broad SMARTS) is 1. The zero-order valence-electron chi connectivity index (χ0n) is 10.2. The van der Waals surface area contributed by atoms with Crippen LogP contribution < -0.4 is 15.8 Å². The number of sulfonamides is 1. The van der Waals surface area contributed by atoms with Gasteiger partial charge in [-0.25, -0.2) is 18.4 Å². The summed E-state index contributed by atoms with van der Waals surface area (Å²) in [6, 6.07) is -0.721. The molecule has 0 radical (unpaired) electrons. The Bertz CT molecular complexity index is 382. The number of aliphatic carboxylic acids is 1. The van der Waals surface area contributed by atoms with Gasteiger partial charge >= 0.3 is 12.0 Å². The van der Waals surface area contributed by atoms with E-state index in [4.69, 9.17) is 10.2 Å². The van der Waals surface area contributed by atoms with E-state index in [0.717, 1.165) is 0 Å². The SMILES string of the molecule is CC(CCC(=O)O)NC(=O)NCCCS(N)(=O)=O. The lowest BCUT2D eigenvalue weighted by Crippen LogP contribution is -2.41. The minimum Gasteiger partial charge on any atom is -0.481 e. The van der Waals surface area contributed by atoms with Gasteiger partial charge in [0.15, 0.2) is 0 Å². The van der Waals surface area contributed by atoms with Crippen molar-refractivity contribution >= 4 is 22.0 Å². The van der Waals surface area contributed by atoms with Crippen LogP contribution in [0.25, 0.3) is 0 Å². The molecule has 5 N–H and O–H groups in total. The van der Waals surface area contributed by atoms with E-state index in [1.807, 2.05) is 0 Å². The van der Waals surface area contributed by atoms with Gasteiger partial charge in [-0.15, -0.1) is 0 Å². The fourth-order valence-electron chi connectivity index (χ4n) is 1.16. The second-order valence-electron chi connectivity index (χ2n) is 3.95. The molecule has 0 rings (SSSR count). The van der Waals surface area contributed by atoms with Gasteiger partial charge in [0.05, 0.1) is 5.75 Å². The second kappa shape index (κ2) is 7.88. The Hall–Kier alpha value is -1.35. The molecule has 0 heterocycles. The summed E-state index contributed by atoms with van der Waals surface area (Å²) < 4.78 is 21.2. The number of carbonyl (C=O) groups excluding carboxylic acids is 1. The summed E-state index contributed by atoms with van der Waals surface area (Å²) in [4.78, 5) is 21.6. The molecule has 0 saturated carbocycles. The minimum absolute atomic E-state index is 0.0210. The largest absolute Gasteiger partial charge is 0.481 e. The molecule has 0 fully saturated rings. The predicted molar refractivity (Wildman–Crippen MR) is 65.5 cm³/mol. The van der Waals surface area contributed by atoms with Crippen molar-refractivity contribution in [1.29, 1.82) is 0 Å². The maximum absolute atomic E-state index is 11.3. The summed E-state index contributed by atoms with van der Waals surface area (Å²) in [6.07, 6.45) is 0.544. The fraction of sp³-hybridized carbons (Fsp3) is 0.778. The molecule has 0 aromatic heterocycles. The third-order valence-electron chi connectivity index (χ3n) is 2.06. The molecule has 2 amide bonds. The van der Waals surface area contributed by atoms with Crippen molar-refractivity contribution in [2.24, 2.45) is 5.14 Å². The summed E-state index contributed by atoms with van der Waals surface area (Å²) in [5.41, 5.74) is 0. The number of rotatable bonds is 8. The van der Waals surface area contributed by atoms with Crippen molar-refractivity contribution in [3.05, 3.63) is 0 Å². The number of amides is 2. The Morgan fingerprint density at radius 2 is 2.00 bits per heavy atom. The smallest absolute Gasteiger partial charge is 0.314 e. The Morgan fingerprint density at radius 1 is 1.39 bits per heavy atom. The maximum Gasteiger partial charge on any atom is 0.314 e. The van der Waals surface area contributed by atoms with Crippen LogP contribution in [-0.2, 0) is 14.8 Å². The van der Waals surface area contributed by atoms with E-state index in [1.165, 1.54) is 0 Å². The van der Waals surface area contributed by atoms with E-state index in [0.29, 0.717) is 6.42 Å². The molecule has 0 saturated heterocycles. The highest BCUT2D eigenvalue weighted by Crippen LogP contribution is 1.95. The Morgan fingerprint density at radius 3 is 2.50 bits per heavy atom. The Balaban J connectivity index is 3.68. The van der Waals surface area contributed by atoms with Gasteiger partial charge in [0, 0.05) is 19.0 Å². The Labute approximate surface area is 106 Å². The molecule has 0 spiro atoms. The van der Waals surface area contributed by atoms with E-state index < -0.39 is 22.0 Å². The first-order valence-electron chi connectivity index (χ1n) is 5.47. The molecule has 0 aromatic carbocycles. The topological polar surface area (TPSA) is 139 Å². The lowest BCUT2D eigenvalue weighted by atomic mass is 10.2. The van der Waals surface area contributed by atoms with Gasteiger partial charge in [-0.05, 0) is 19.8 Å². The second-order valence-corrected chi connectivity index (χ2v) is 5.69. The lowest BCUT2D eigenvalue weighted by molar-refractivity contribution is -0.137. The van der Waals surface area contributed by atoms with E-state index in [1.54, 1.807) is 6.92 Å². The van der Waals surface area contributed by atoms with Gasteiger partial charge in [0.2, 0.25) is 10.0 Å². The average molecular weight is 281 g/mol. The molecular formula is C9H19N3O5S. The summed E-state index contributed by atoms with van der Waals surface area (Å²) in [5.74, 6) is -1.11. The normalized spacial score (nSPS) is 12.8. The van der Waals surface area contributed by atoms with Crippen molar-refractivity contribution in [2.45, 2.75) is 32.2 Å². The predicted octanol–water partition coefficient (Wildman–Crippen LogP) is -0.782. The van der Waals surface area contributed by atoms with Crippen LogP contribution in [0.5, 0.6) is 0 Å². The quantitative estimate of drug-likeness (QED) is 0.432. The van der Waals surface area contributed by atoms with Gasteiger partial charge in [0.1, 0.15) is 0 Å². The Kier molecular flexibility index (Phi) is 7.29. The van der Waals surface area contributed by atoms with Crippen LogP contribution >= 0.6 is 0 Å². The molecule has 18 heavy (non-hydrogen) atoms. The van der Waals surface area contributed by atoms with Crippen LogP contribution in [0.3, 0.4) is 0 Å². The van der Waals surface area contributed by atoms with Gasteiger partial charge in [-0.2, -0.15) is 0 Å². The van der Waals surface area contributed by atoms with Crippen LogP contribution in [-0.4, -0.2) is 43.9 Å². The summed E-state index contributed by atoms with van der Waals surface area (Å²) in [5, 5.41) is 18.2. The molecule has 1 unspecified atom stereocenters. The van der Waals surface area contributed by atoms with Gasteiger partial charge < -0.3 is 15.7 Å². The van der Waals surface area contributed by atoms with Crippen molar-refractivity contribution in [3.8, 4) is 0 Å². The number of nitrogens with two attached hydrogens (primary N) is 1. The molecule has 0 aliphatic carbocycles. The number of hydrogen-bond acceptors (Lipinski definition) is 4. The standard InChI is InChI=1S/C9H19N3O5S/c1-7(3-4-8(13)14)12-9(15)11-5-2-6-18(10,16)17/h7H,2-6H2,1H3,(H,13,14)(H2,10,16,17)(H2,11,12,15). The zero-order valence-corrected chi connectivity index (χ0v) is 11.0. The maximum atomic E-state index is 11.3. The highest BCUT2D eigenvalue weighted by atomic mass is 32.2. The third-order valence-corrected chi connectivity index (χ3v) is 2.92. The molecule has 0 aliphatic rings. The third kappa shape index (κ3) is 11.1. The number of carboxylic acids is 1. The van der Waals surface area contributed by atoms with Crippen LogP contribution in [0, 0.1) is 0 Å². The van der Waals surface area contributed by atoms with Crippen molar-refractivity contribution in [3.63, 3.8) is 0 Å². The van der Waals surface area contributed by atoms with Crippen LogP contribution in [0.4, 0.5) is 4.79 Å². The van der Waals surface area contributed by atoms with Gasteiger partial charge in [0.25, 0.3) is 0 Å². The molecule has 0 aliphatic heterocycles. The lowest BCUT2D eigenvalue weighted by Gasteiger charge is -2.13. The first kappa shape index (κ1) is 16.6. The van der Waals surface area contributed by atoms with E-state index in [-0.39, 0.29) is 31.2 Å². The van der Waals surface area contributed by atoms with Crippen LogP contribution in [0.15, 0.2) is 0 Å². The average Bonchev–Trinajstić information content (AvgIpc) is 2.20. The highest BCUT2D eigenvalue weighted by molar-refractivity contribution is 7.89.